The summed E-state index contributed by atoms with van der Waals surface area (Å²) in [6.07, 6.45) is 5.06. The van der Waals surface area contributed by atoms with Gasteiger partial charge in [0.15, 0.2) is 5.82 Å². The molecule has 2 aromatic rings. The Morgan fingerprint density at radius 2 is 2.08 bits per heavy atom. The van der Waals surface area contributed by atoms with Crippen molar-refractivity contribution in [2.75, 3.05) is 5.32 Å². The molecule has 2 saturated heterocycles. The number of nitrogens with zero attached hydrogens (tertiary/aromatic N) is 4. The average Bonchev–Trinajstić information content (AvgIpc) is 3.14. The smallest absolute Gasteiger partial charge is 0.224 e. The summed E-state index contributed by atoms with van der Waals surface area (Å²) in [4.78, 5) is 12.4. The van der Waals surface area contributed by atoms with Gasteiger partial charge in [-0.2, -0.15) is 4.68 Å². The van der Waals surface area contributed by atoms with E-state index in [1.54, 1.807) is 19.1 Å². The van der Waals surface area contributed by atoms with E-state index >= 15 is 0 Å². The summed E-state index contributed by atoms with van der Waals surface area (Å²) >= 11 is 0. The van der Waals surface area contributed by atoms with Crippen LogP contribution in [0.25, 0.3) is 5.69 Å². The fourth-order valence-electron chi connectivity index (χ4n) is 4.02. The minimum Gasteiger partial charge on any atom is -0.326 e. The molecule has 1 amide bonds. The van der Waals surface area contributed by atoms with Crippen LogP contribution in [0.1, 0.15) is 37.9 Å². The van der Waals surface area contributed by atoms with Crippen LogP contribution in [0.2, 0.25) is 0 Å². The Balaban J connectivity index is 0.00000196. The first-order valence-electron chi connectivity index (χ1n) is 8.69. The number of hydrogen-bond donors (Lipinski definition) is 2. The maximum atomic E-state index is 14.1. The number of piperidine rings is 1. The van der Waals surface area contributed by atoms with E-state index in [9.17, 15) is 9.18 Å². The Labute approximate surface area is 157 Å². The predicted molar refractivity (Wildman–Crippen MR) is 97.0 cm³/mol. The monoisotopic (exact) mass is 380 g/mol. The van der Waals surface area contributed by atoms with Crippen LogP contribution in [0.3, 0.4) is 0 Å². The number of tetrazole rings is 1. The summed E-state index contributed by atoms with van der Waals surface area (Å²) in [6.45, 7) is 1.69. The van der Waals surface area contributed by atoms with Gasteiger partial charge in [0.1, 0.15) is 11.5 Å². The fourth-order valence-corrected chi connectivity index (χ4v) is 4.02. The Morgan fingerprint density at radius 3 is 2.73 bits per heavy atom. The number of carbonyl (C=O) groups excluding carboxylic acids is 1. The van der Waals surface area contributed by atoms with Crippen molar-refractivity contribution in [3.05, 3.63) is 29.8 Å². The number of aryl methyl sites for hydroxylation is 1. The Kier molecular flexibility index (Phi) is 5.52. The Bertz CT molecular complexity index is 785. The van der Waals surface area contributed by atoms with Crippen LogP contribution >= 0.6 is 12.4 Å². The summed E-state index contributed by atoms with van der Waals surface area (Å²) in [5.41, 5.74) is 0.772. The number of aromatic nitrogens is 4. The second kappa shape index (κ2) is 7.67. The SMILES string of the molecule is Cc1nnnn1-c1cc(NC(=O)CC2CC3CCC(C2)N3)ccc1F.Cl. The predicted octanol–water partition coefficient (Wildman–Crippen LogP) is 2.39. The first kappa shape index (κ1) is 18.7. The summed E-state index contributed by atoms with van der Waals surface area (Å²) < 4.78 is 15.4. The van der Waals surface area contributed by atoms with E-state index in [0.717, 1.165) is 12.8 Å². The van der Waals surface area contributed by atoms with Crippen molar-refractivity contribution in [2.24, 2.45) is 5.92 Å². The standard InChI is InChI=1S/C17H21FN6O.ClH/c1-10-21-22-23-24(10)16-9-14(4-5-15(16)18)20-17(25)8-11-6-12-2-3-13(7-11)19-12;/h4-5,9,11-13,19H,2-3,6-8H2,1H3,(H,20,25);1H. The largest absolute Gasteiger partial charge is 0.326 e. The average molecular weight is 381 g/mol. The quantitative estimate of drug-likeness (QED) is 0.850. The number of anilines is 1. The molecule has 9 heteroatoms. The third kappa shape index (κ3) is 3.86. The number of hydrogen-bond acceptors (Lipinski definition) is 5. The van der Waals surface area contributed by atoms with E-state index < -0.39 is 5.82 Å². The van der Waals surface area contributed by atoms with Crippen LogP contribution in [-0.4, -0.2) is 38.2 Å². The summed E-state index contributed by atoms with van der Waals surface area (Å²) in [5.74, 6) is 0.425. The summed E-state index contributed by atoms with van der Waals surface area (Å²) in [5, 5.41) is 17.5. The molecule has 1 aromatic heterocycles. The van der Waals surface area contributed by atoms with Crippen molar-refractivity contribution in [1.29, 1.82) is 0 Å². The van der Waals surface area contributed by atoms with E-state index in [1.165, 1.54) is 23.6 Å². The highest BCUT2D eigenvalue weighted by Gasteiger charge is 2.34. The third-order valence-corrected chi connectivity index (χ3v) is 5.13. The van der Waals surface area contributed by atoms with Gasteiger partial charge in [0, 0.05) is 24.2 Å². The van der Waals surface area contributed by atoms with Crippen molar-refractivity contribution >= 4 is 24.0 Å². The van der Waals surface area contributed by atoms with E-state index in [-0.39, 0.29) is 24.0 Å². The number of rotatable bonds is 4. The van der Waals surface area contributed by atoms with Crippen LogP contribution < -0.4 is 10.6 Å². The summed E-state index contributed by atoms with van der Waals surface area (Å²) in [7, 11) is 0. The van der Waals surface area contributed by atoms with Gasteiger partial charge in [-0.15, -0.1) is 17.5 Å². The molecule has 2 bridgehead atoms. The number of halogens is 2. The van der Waals surface area contributed by atoms with Gasteiger partial charge in [0.25, 0.3) is 0 Å². The zero-order valence-corrected chi connectivity index (χ0v) is 15.3. The van der Waals surface area contributed by atoms with Crippen LogP contribution in [0.4, 0.5) is 10.1 Å². The minimum absolute atomic E-state index is 0. The van der Waals surface area contributed by atoms with Gasteiger partial charge in [0.05, 0.1) is 0 Å². The lowest BCUT2D eigenvalue weighted by Gasteiger charge is -2.28. The maximum absolute atomic E-state index is 14.1. The molecule has 1 aromatic carbocycles. The van der Waals surface area contributed by atoms with Gasteiger partial charge in [0.2, 0.25) is 5.91 Å². The molecular weight excluding hydrogens is 359 g/mol. The molecule has 2 aliphatic heterocycles. The molecule has 26 heavy (non-hydrogen) atoms. The van der Waals surface area contributed by atoms with Gasteiger partial charge in [-0.1, -0.05) is 0 Å². The Morgan fingerprint density at radius 1 is 1.35 bits per heavy atom. The van der Waals surface area contributed by atoms with Crippen LogP contribution in [-0.2, 0) is 4.79 Å². The Hall–Kier alpha value is -2.06. The number of amides is 1. The lowest BCUT2D eigenvalue weighted by molar-refractivity contribution is -0.117. The van der Waals surface area contributed by atoms with E-state index in [2.05, 4.69) is 26.2 Å². The first-order valence-corrected chi connectivity index (χ1v) is 8.69. The molecule has 7 nitrogen and oxygen atoms in total. The second-order valence-corrected chi connectivity index (χ2v) is 7.03. The minimum atomic E-state index is -0.441. The lowest BCUT2D eigenvalue weighted by Crippen LogP contribution is -2.39. The normalized spacial score (nSPS) is 24.2. The molecule has 140 valence electrons. The summed E-state index contributed by atoms with van der Waals surface area (Å²) in [6, 6.07) is 5.57. The molecule has 2 fully saturated rings. The van der Waals surface area contributed by atoms with Crippen molar-refractivity contribution in [1.82, 2.24) is 25.5 Å². The zero-order valence-electron chi connectivity index (χ0n) is 14.5. The molecule has 0 radical (unpaired) electrons. The molecular formula is C17H22ClFN6O. The fraction of sp³-hybridized carbons (Fsp3) is 0.529. The molecule has 0 saturated carbocycles. The van der Waals surface area contributed by atoms with E-state index in [0.29, 0.717) is 35.9 Å². The number of nitrogens with one attached hydrogen (secondary N) is 2. The topological polar surface area (TPSA) is 84.7 Å². The third-order valence-electron chi connectivity index (χ3n) is 5.13. The highest BCUT2D eigenvalue weighted by Crippen LogP contribution is 2.32. The van der Waals surface area contributed by atoms with Gasteiger partial charge in [-0.25, -0.2) is 4.39 Å². The molecule has 0 spiro atoms. The molecule has 2 unspecified atom stereocenters. The van der Waals surface area contributed by atoms with E-state index in [1.807, 2.05) is 0 Å². The van der Waals surface area contributed by atoms with Crippen LogP contribution in [0, 0.1) is 18.7 Å². The van der Waals surface area contributed by atoms with Gasteiger partial charge < -0.3 is 10.6 Å². The first-order chi connectivity index (χ1) is 12.1. The molecule has 4 rings (SSSR count). The van der Waals surface area contributed by atoms with Crippen LogP contribution in [0.5, 0.6) is 0 Å². The maximum Gasteiger partial charge on any atom is 0.224 e. The van der Waals surface area contributed by atoms with Gasteiger partial charge in [-0.05, 0) is 67.2 Å². The van der Waals surface area contributed by atoms with Crippen molar-refractivity contribution in [2.45, 2.75) is 51.1 Å². The van der Waals surface area contributed by atoms with Gasteiger partial charge in [-0.3, -0.25) is 4.79 Å². The highest BCUT2D eigenvalue weighted by molar-refractivity contribution is 5.91. The molecule has 3 heterocycles. The zero-order chi connectivity index (χ0) is 17.4. The second-order valence-electron chi connectivity index (χ2n) is 7.03. The van der Waals surface area contributed by atoms with Crippen LogP contribution in [0.15, 0.2) is 18.2 Å². The van der Waals surface area contributed by atoms with Crippen molar-refractivity contribution in [3.8, 4) is 5.69 Å². The number of carbonyl (C=O) groups is 1. The molecule has 2 atom stereocenters. The number of fused-ring (bicyclic) bond motifs is 2. The molecule has 2 aliphatic rings. The molecule has 2 N–H and O–H groups in total. The van der Waals surface area contributed by atoms with E-state index in [4.69, 9.17) is 0 Å². The van der Waals surface area contributed by atoms with Crippen molar-refractivity contribution in [3.63, 3.8) is 0 Å². The highest BCUT2D eigenvalue weighted by atomic mass is 35.5. The molecule has 0 aliphatic carbocycles. The van der Waals surface area contributed by atoms with Crippen molar-refractivity contribution < 1.29 is 9.18 Å². The lowest BCUT2D eigenvalue weighted by atomic mass is 9.89. The number of benzene rings is 1. The van der Waals surface area contributed by atoms with Gasteiger partial charge >= 0.3 is 0 Å².